The van der Waals surface area contributed by atoms with Gasteiger partial charge in [-0.15, -0.1) is 5.10 Å². The molecule has 1 amide bonds. The Balaban J connectivity index is 2.21. The second-order valence-corrected chi connectivity index (χ2v) is 5.40. The van der Waals surface area contributed by atoms with E-state index in [1.807, 2.05) is 6.92 Å². The number of aromatic nitrogens is 2. The second-order valence-electron chi connectivity index (χ2n) is 4.65. The fourth-order valence-electron chi connectivity index (χ4n) is 2.33. The van der Waals surface area contributed by atoms with Gasteiger partial charge < -0.3 is 10.0 Å². The largest absolute Gasteiger partial charge is 0.480 e. The van der Waals surface area contributed by atoms with Crippen LogP contribution in [0.1, 0.15) is 48.0 Å². The minimum atomic E-state index is -0.928. The number of nitrogens with zero attached hydrogens (tertiary/aromatic N) is 3. The highest BCUT2D eigenvalue weighted by molar-refractivity contribution is 7.08. The van der Waals surface area contributed by atoms with Gasteiger partial charge in [-0.2, -0.15) is 0 Å². The zero-order valence-corrected chi connectivity index (χ0v) is 11.7. The summed E-state index contributed by atoms with van der Waals surface area (Å²) in [5.74, 6) is -1.16. The fourth-order valence-corrected chi connectivity index (χ4v) is 3.00. The zero-order valence-electron chi connectivity index (χ0n) is 10.8. The number of rotatable bonds is 4. The van der Waals surface area contributed by atoms with E-state index in [1.165, 1.54) is 4.90 Å². The Bertz CT molecular complexity index is 475. The van der Waals surface area contributed by atoms with Crippen molar-refractivity contribution in [2.45, 2.75) is 45.1 Å². The van der Waals surface area contributed by atoms with Crippen molar-refractivity contribution in [1.82, 2.24) is 14.5 Å². The number of likely N-dealkylation sites (tertiary alicyclic amines) is 1. The van der Waals surface area contributed by atoms with Gasteiger partial charge in [-0.25, -0.2) is 4.79 Å². The third-order valence-corrected chi connectivity index (χ3v) is 4.04. The van der Waals surface area contributed by atoms with Gasteiger partial charge in [0, 0.05) is 6.54 Å². The third-order valence-electron chi connectivity index (χ3n) is 3.29. The lowest BCUT2D eigenvalue weighted by Crippen LogP contribution is -2.48. The molecule has 1 aromatic heterocycles. The van der Waals surface area contributed by atoms with Gasteiger partial charge >= 0.3 is 5.97 Å². The molecule has 0 bridgehead atoms. The number of aryl methyl sites for hydroxylation is 1. The molecule has 7 heteroatoms. The third kappa shape index (κ3) is 2.91. The first-order chi connectivity index (χ1) is 9.15. The van der Waals surface area contributed by atoms with Crippen LogP contribution in [0, 0.1) is 0 Å². The normalized spacial score (nSPS) is 19.4. The minimum Gasteiger partial charge on any atom is -0.480 e. The molecule has 1 saturated heterocycles. The first-order valence-electron chi connectivity index (χ1n) is 6.50. The lowest BCUT2D eigenvalue weighted by molar-refractivity contribution is -0.143. The van der Waals surface area contributed by atoms with Gasteiger partial charge in [-0.1, -0.05) is 17.8 Å². The molecule has 19 heavy (non-hydrogen) atoms. The van der Waals surface area contributed by atoms with E-state index >= 15 is 0 Å². The molecule has 1 aliphatic rings. The van der Waals surface area contributed by atoms with Crippen LogP contribution in [0.15, 0.2) is 0 Å². The van der Waals surface area contributed by atoms with Gasteiger partial charge in [0.2, 0.25) is 0 Å². The van der Waals surface area contributed by atoms with E-state index in [1.54, 1.807) is 0 Å². The first kappa shape index (κ1) is 13.9. The highest BCUT2D eigenvalue weighted by Gasteiger charge is 2.34. The first-order valence-corrected chi connectivity index (χ1v) is 7.27. The molecule has 6 nitrogen and oxygen atoms in total. The predicted molar refractivity (Wildman–Crippen MR) is 70.2 cm³/mol. The topological polar surface area (TPSA) is 83.4 Å². The van der Waals surface area contributed by atoms with Gasteiger partial charge in [-0.05, 0) is 37.2 Å². The highest BCUT2D eigenvalue weighted by atomic mass is 32.1. The number of aliphatic carboxylic acids is 1. The van der Waals surface area contributed by atoms with E-state index in [2.05, 4.69) is 9.59 Å². The van der Waals surface area contributed by atoms with Crippen molar-refractivity contribution in [3.05, 3.63) is 10.6 Å². The SMILES string of the molecule is CCCc1nnsc1C(=O)N1CCCC[C@H]1C(=O)O. The standard InChI is InChI=1S/C12H17N3O3S/c1-2-5-8-10(19-14-13-8)11(16)15-7-4-3-6-9(15)12(17)18/h9H,2-7H2,1H3,(H,17,18)/t9-/m0/s1. The van der Waals surface area contributed by atoms with Gasteiger partial charge in [0.25, 0.3) is 5.91 Å². The molecular formula is C12H17N3O3S. The van der Waals surface area contributed by atoms with Gasteiger partial charge in [0.05, 0.1) is 5.69 Å². The zero-order chi connectivity index (χ0) is 13.8. The van der Waals surface area contributed by atoms with E-state index in [-0.39, 0.29) is 5.91 Å². The molecule has 0 radical (unpaired) electrons. The lowest BCUT2D eigenvalue weighted by Gasteiger charge is -2.32. The summed E-state index contributed by atoms with van der Waals surface area (Å²) in [5.41, 5.74) is 0.687. The Labute approximate surface area is 115 Å². The van der Waals surface area contributed by atoms with Gasteiger partial charge in [0.1, 0.15) is 10.9 Å². The molecule has 1 N–H and O–H groups in total. The summed E-state index contributed by atoms with van der Waals surface area (Å²) in [6.45, 7) is 2.51. The molecule has 0 unspecified atom stereocenters. The Morgan fingerprint density at radius 3 is 2.95 bits per heavy atom. The molecule has 1 fully saturated rings. The van der Waals surface area contributed by atoms with Crippen LogP contribution in [-0.2, 0) is 11.2 Å². The Kier molecular flexibility index (Phi) is 4.47. The molecule has 1 atom stereocenters. The van der Waals surface area contributed by atoms with Crippen molar-refractivity contribution in [1.29, 1.82) is 0 Å². The van der Waals surface area contributed by atoms with Gasteiger partial charge in [0.15, 0.2) is 0 Å². The van der Waals surface area contributed by atoms with E-state index < -0.39 is 12.0 Å². The molecule has 0 aromatic carbocycles. The highest BCUT2D eigenvalue weighted by Crippen LogP contribution is 2.23. The molecule has 1 aromatic rings. The maximum Gasteiger partial charge on any atom is 0.326 e. The number of carboxylic acids is 1. The average molecular weight is 283 g/mol. The number of carbonyl (C=O) groups is 2. The Hall–Kier alpha value is -1.50. The van der Waals surface area contributed by atoms with Crippen LogP contribution in [0.25, 0.3) is 0 Å². The Morgan fingerprint density at radius 1 is 1.47 bits per heavy atom. The summed E-state index contributed by atoms with van der Waals surface area (Å²) in [6.07, 6.45) is 3.81. The maximum absolute atomic E-state index is 12.5. The van der Waals surface area contributed by atoms with Crippen molar-refractivity contribution in [2.75, 3.05) is 6.54 Å². The summed E-state index contributed by atoms with van der Waals surface area (Å²) in [7, 11) is 0. The average Bonchev–Trinajstić information content (AvgIpc) is 2.86. The van der Waals surface area contributed by atoms with E-state index in [4.69, 9.17) is 0 Å². The van der Waals surface area contributed by atoms with E-state index in [9.17, 15) is 14.7 Å². The van der Waals surface area contributed by atoms with Crippen LogP contribution < -0.4 is 0 Å². The summed E-state index contributed by atoms with van der Waals surface area (Å²) in [5, 5.41) is 13.2. The van der Waals surface area contributed by atoms with Crippen LogP contribution in [0.2, 0.25) is 0 Å². The number of carbonyl (C=O) groups excluding carboxylic acids is 1. The summed E-state index contributed by atoms with van der Waals surface area (Å²) in [4.78, 5) is 25.6. The summed E-state index contributed by atoms with van der Waals surface area (Å²) >= 11 is 1.06. The lowest BCUT2D eigenvalue weighted by atomic mass is 10.0. The summed E-state index contributed by atoms with van der Waals surface area (Å²) < 4.78 is 3.82. The van der Waals surface area contributed by atoms with Crippen molar-refractivity contribution >= 4 is 23.4 Å². The van der Waals surface area contributed by atoms with Crippen molar-refractivity contribution in [3.8, 4) is 0 Å². The molecule has 0 spiro atoms. The van der Waals surface area contributed by atoms with E-state index in [0.717, 1.165) is 30.8 Å². The number of hydrogen-bond donors (Lipinski definition) is 1. The molecule has 0 aliphatic carbocycles. The Morgan fingerprint density at radius 2 is 2.26 bits per heavy atom. The molecule has 2 rings (SSSR count). The smallest absolute Gasteiger partial charge is 0.326 e. The number of piperidine rings is 1. The monoisotopic (exact) mass is 283 g/mol. The van der Waals surface area contributed by atoms with Crippen LogP contribution in [0.3, 0.4) is 0 Å². The fraction of sp³-hybridized carbons (Fsp3) is 0.667. The summed E-state index contributed by atoms with van der Waals surface area (Å²) in [6, 6.07) is -0.710. The number of hydrogen-bond acceptors (Lipinski definition) is 5. The number of amides is 1. The molecule has 1 aliphatic heterocycles. The molecule has 2 heterocycles. The van der Waals surface area contributed by atoms with Crippen LogP contribution >= 0.6 is 11.5 Å². The van der Waals surface area contributed by atoms with Crippen molar-refractivity contribution in [3.63, 3.8) is 0 Å². The number of carboxylic acid groups (broad SMARTS) is 1. The van der Waals surface area contributed by atoms with Crippen LogP contribution in [-0.4, -0.2) is 44.1 Å². The molecule has 0 saturated carbocycles. The molecular weight excluding hydrogens is 266 g/mol. The maximum atomic E-state index is 12.5. The minimum absolute atomic E-state index is 0.231. The second kappa shape index (κ2) is 6.10. The van der Waals surface area contributed by atoms with Crippen molar-refractivity contribution < 1.29 is 14.7 Å². The predicted octanol–water partition coefficient (Wildman–Crippen LogP) is 1.57. The van der Waals surface area contributed by atoms with E-state index in [0.29, 0.717) is 30.0 Å². The van der Waals surface area contributed by atoms with Crippen molar-refractivity contribution in [2.24, 2.45) is 0 Å². The van der Waals surface area contributed by atoms with Crippen LogP contribution in [0.4, 0.5) is 0 Å². The molecule has 104 valence electrons. The quantitative estimate of drug-likeness (QED) is 0.906. The van der Waals surface area contributed by atoms with Crippen LogP contribution in [0.5, 0.6) is 0 Å². The van der Waals surface area contributed by atoms with Gasteiger partial charge in [-0.3, -0.25) is 4.79 Å².